The molecule has 0 bridgehead atoms. The van der Waals surface area contributed by atoms with Crippen LogP contribution in [0.4, 0.5) is 0 Å². The maximum absolute atomic E-state index is 5.73. The molecule has 1 aliphatic heterocycles. The van der Waals surface area contributed by atoms with Gasteiger partial charge in [0.2, 0.25) is 0 Å². The number of methoxy groups -OCH3 is 1. The molecule has 2 rings (SSSR count). The van der Waals surface area contributed by atoms with Crippen LogP contribution < -0.4 is 5.32 Å². The lowest BCUT2D eigenvalue weighted by molar-refractivity contribution is -0.0996. The third-order valence-corrected chi connectivity index (χ3v) is 3.62. The monoisotopic (exact) mass is 267 g/mol. The van der Waals surface area contributed by atoms with Crippen molar-refractivity contribution in [3.05, 3.63) is 17.7 Å². The summed E-state index contributed by atoms with van der Waals surface area (Å²) >= 11 is 0. The zero-order valence-corrected chi connectivity index (χ0v) is 12.2. The second-order valence-corrected chi connectivity index (χ2v) is 5.59. The van der Waals surface area contributed by atoms with E-state index in [1.54, 1.807) is 7.11 Å². The van der Waals surface area contributed by atoms with E-state index in [9.17, 15) is 0 Å². The first-order valence-corrected chi connectivity index (χ1v) is 7.04. The third-order valence-electron chi connectivity index (χ3n) is 3.62. The topological polar surface area (TPSA) is 59.2 Å². The standard InChI is InChI=1S/C14H25N3O2/c1-11(2)8-15-9-12-10-16-13(17-12)14(18-3)4-6-19-7-5-14/h10-11,15H,4-9H2,1-3H3,(H,16,17). The summed E-state index contributed by atoms with van der Waals surface area (Å²) in [6, 6.07) is 0. The number of hydrogen-bond acceptors (Lipinski definition) is 4. The first-order chi connectivity index (χ1) is 9.16. The summed E-state index contributed by atoms with van der Waals surface area (Å²) < 4.78 is 11.1. The minimum Gasteiger partial charge on any atom is -0.381 e. The van der Waals surface area contributed by atoms with E-state index in [4.69, 9.17) is 9.47 Å². The van der Waals surface area contributed by atoms with Gasteiger partial charge in [0.15, 0.2) is 0 Å². The van der Waals surface area contributed by atoms with Crippen molar-refractivity contribution in [2.45, 2.75) is 38.8 Å². The number of nitrogens with zero attached hydrogens (tertiary/aromatic N) is 1. The summed E-state index contributed by atoms with van der Waals surface area (Å²) in [4.78, 5) is 7.90. The Labute approximate surface area is 115 Å². The molecule has 5 heteroatoms. The van der Waals surface area contributed by atoms with Gasteiger partial charge in [-0.15, -0.1) is 0 Å². The van der Waals surface area contributed by atoms with Crippen LogP contribution in [-0.2, 0) is 21.6 Å². The Morgan fingerprint density at radius 3 is 2.84 bits per heavy atom. The third kappa shape index (κ3) is 3.55. The Morgan fingerprint density at radius 1 is 1.47 bits per heavy atom. The zero-order chi connectivity index (χ0) is 13.7. The molecule has 0 aromatic carbocycles. The minimum atomic E-state index is -0.297. The van der Waals surface area contributed by atoms with Gasteiger partial charge in [0.05, 0.1) is 0 Å². The second-order valence-electron chi connectivity index (χ2n) is 5.59. The number of hydrogen-bond donors (Lipinski definition) is 2. The highest BCUT2D eigenvalue weighted by molar-refractivity contribution is 5.10. The summed E-state index contributed by atoms with van der Waals surface area (Å²) in [7, 11) is 1.75. The molecule has 108 valence electrons. The number of imidazole rings is 1. The van der Waals surface area contributed by atoms with Crippen molar-refractivity contribution in [3.63, 3.8) is 0 Å². The van der Waals surface area contributed by atoms with Crippen LogP contribution in [0.1, 0.15) is 38.2 Å². The van der Waals surface area contributed by atoms with Gasteiger partial charge in [-0.3, -0.25) is 0 Å². The van der Waals surface area contributed by atoms with Crippen LogP contribution in [0.25, 0.3) is 0 Å². The lowest BCUT2D eigenvalue weighted by Gasteiger charge is -2.34. The largest absolute Gasteiger partial charge is 0.381 e. The first-order valence-electron chi connectivity index (χ1n) is 7.04. The molecule has 0 radical (unpaired) electrons. The van der Waals surface area contributed by atoms with Gasteiger partial charge in [-0.25, -0.2) is 4.98 Å². The van der Waals surface area contributed by atoms with Crippen LogP contribution in [0.3, 0.4) is 0 Å². The highest BCUT2D eigenvalue weighted by Gasteiger charge is 2.37. The van der Waals surface area contributed by atoms with Crippen molar-refractivity contribution in [2.75, 3.05) is 26.9 Å². The molecule has 19 heavy (non-hydrogen) atoms. The van der Waals surface area contributed by atoms with E-state index in [2.05, 4.69) is 29.1 Å². The normalized spacial score (nSPS) is 18.9. The predicted molar refractivity (Wildman–Crippen MR) is 73.9 cm³/mol. The molecule has 0 saturated carbocycles. The van der Waals surface area contributed by atoms with Gasteiger partial charge in [0, 0.05) is 51.6 Å². The predicted octanol–water partition coefficient (Wildman–Crippen LogP) is 1.81. The maximum atomic E-state index is 5.73. The van der Waals surface area contributed by atoms with Crippen LogP contribution in [0.5, 0.6) is 0 Å². The molecule has 2 N–H and O–H groups in total. The van der Waals surface area contributed by atoms with Crippen LogP contribution in [0.15, 0.2) is 6.20 Å². The average Bonchev–Trinajstić information content (AvgIpc) is 2.88. The summed E-state index contributed by atoms with van der Waals surface area (Å²) in [5.74, 6) is 1.59. The summed E-state index contributed by atoms with van der Waals surface area (Å²) in [5, 5.41) is 3.41. The van der Waals surface area contributed by atoms with Crippen LogP contribution in [-0.4, -0.2) is 36.8 Å². The lowest BCUT2D eigenvalue weighted by atomic mass is 9.93. The Morgan fingerprint density at radius 2 is 2.21 bits per heavy atom. The van der Waals surface area contributed by atoms with Gasteiger partial charge in [-0.1, -0.05) is 13.8 Å². The Bertz CT molecular complexity index is 384. The van der Waals surface area contributed by atoms with E-state index in [1.807, 2.05) is 6.20 Å². The Kier molecular flexibility index (Phi) is 4.96. The first kappa shape index (κ1) is 14.5. The molecule has 0 atom stereocenters. The van der Waals surface area contributed by atoms with Crippen molar-refractivity contribution >= 4 is 0 Å². The molecule has 1 saturated heterocycles. The molecule has 0 aliphatic carbocycles. The highest BCUT2D eigenvalue weighted by Crippen LogP contribution is 2.33. The van der Waals surface area contributed by atoms with E-state index < -0.39 is 0 Å². The number of nitrogens with one attached hydrogen (secondary N) is 2. The van der Waals surface area contributed by atoms with Gasteiger partial charge in [0.25, 0.3) is 0 Å². The molecular formula is C14H25N3O2. The number of H-pyrrole nitrogens is 1. The van der Waals surface area contributed by atoms with Crippen molar-refractivity contribution in [1.29, 1.82) is 0 Å². The highest BCUT2D eigenvalue weighted by atomic mass is 16.5. The molecular weight excluding hydrogens is 242 g/mol. The average molecular weight is 267 g/mol. The zero-order valence-electron chi connectivity index (χ0n) is 12.2. The molecule has 1 fully saturated rings. The van der Waals surface area contributed by atoms with Crippen molar-refractivity contribution in [2.24, 2.45) is 5.92 Å². The number of rotatable bonds is 6. The van der Waals surface area contributed by atoms with E-state index in [-0.39, 0.29) is 5.60 Å². The summed E-state index contributed by atoms with van der Waals surface area (Å²) in [6.07, 6.45) is 3.62. The van der Waals surface area contributed by atoms with Crippen molar-refractivity contribution in [3.8, 4) is 0 Å². The smallest absolute Gasteiger partial charge is 0.138 e. The Balaban J connectivity index is 1.98. The molecule has 0 unspecified atom stereocenters. The lowest BCUT2D eigenvalue weighted by Crippen LogP contribution is -2.36. The van der Waals surface area contributed by atoms with E-state index in [0.29, 0.717) is 5.92 Å². The van der Waals surface area contributed by atoms with Gasteiger partial charge in [0.1, 0.15) is 11.4 Å². The second kappa shape index (κ2) is 6.50. The van der Waals surface area contributed by atoms with E-state index in [1.165, 1.54) is 0 Å². The van der Waals surface area contributed by atoms with E-state index in [0.717, 1.165) is 50.7 Å². The molecule has 0 amide bonds. The Hall–Kier alpha value is -0.910. The van der Waals surface area contributed by atoms with Gasteiger partial charge >= 0.3 is 0 Å². The summed E-state index contributed by atoms with van der Waals surface area (Å²) in [6.45, 7) is 7.70. The molecule has 5 nitrogen and oxygen atoms in total. The molecule has 0 spiro atoms. The number of ether oxygens (including phenoxy) is 2. The quantitative estimate of drug-likeness (QED) is 0.825. The SMILES string of the molecule is COC1(c2ncc(CNCC(C)C)[nH]2)CCOCC1. The van der Waals surface area contributed by atoms with Gasteiger partial charge in [-0.05, 0) is 12.5 Å². The van der Waals surface area contributed by atoms with Crippen molar-refractivity contribution < 1.29 is 9.47 Å². The van der Waals surface area contributed by atoms with Crippen LogP contribution >= 0.6 is 0 Å². The summed E-state index contributed by atoms with van der Waals surface area (Å²) in [5.41, 5.74) is 0.813. The van der Waals surface area contributed by atoms with Gasteiger partial charge in [-0.2, -0.15) is 0 Å². The number of aromatic amines is 1. The van der Waals surface area contributed by atoms with Crippen LogP contribution in [0, 0.1) is 5.92 Å². The molecule has 1 aromatic heterocycles. The maximum Gasteiger partial charge on any atom is 0.138 e. The van der Waals surface area contributed by atoms with E-state index >= 15 is 0 Å². The fraction of sp³-hybridized carbons (Fsp3) is 0.786. The fourth-order valence-electron chi connectivity index (χ4n) is 2.41. The number of aromatic nitrogens is 2. The molecule has 1 aromatic rings. The molecule has 1 aliphatic rings. The van der Waals surface area contributed by atoms with Crippen molar-refractivity contribution in [1.82, 2.24) is 15.3 Å². The molecule has 2 heterocycles. The van der Waals surface area contributed by atoms with Crippen LogP contribution in [0.2, 0.25) is 0 Å². The fourth-order valence-corrected chi connectivity index (χ4v) is 2.41. The van der Waals surface area contributed by atoms with Gasteiger partial charge < -0.3 is 19.8 Å². The minimum absolute atomic E-state index is 0.297.